The number of aryl methyl sites for hydroxylation is 1. The lowest BCUT2D eigenvalue weighted by molar-refractivity contribution is 0.234. The summed E-state index contributed by atoms with van der Waals surface area (Å²) in [6.07, 6.45) is 0. The predicted molar refractivity (Wildman–Crippen MR) is 80.0 cm³/mol. The first-order valence-corrected chi connectivity index (χ1v) is 6.42. The second-order valence-corrected chi connectivity index (χ2v) is 4.39. The number of para-hydroxylation sites is 1. The third-order valence-corrected chi connectivity index (χ3v) is 2.79. The molecule has 0 aromatic heterocycles. The monoisotopic (exact) mass is 281 g/mol. The van der Waals surface area contributed by atoms with Crippen molar-refractivity contribution in [2.75, 3.05) is 12.0 Å². The van der Waals surface area contributed by atoms with Crippen molar-refractivity contribution in [1.82, 2.24) is 5.32 Å². The van der Waals surface area contributed by atoms with E-state index in [0.29, 0.717) is 17.0 Å². The highest BCUT2D eigenvalue weighted by molar-refractivity contribution is 5.90. The molecule has 2 aromatic rings. The van der Waals surface area contributed by atoms with Gasteiger partial charge >= 0.3 is 6.03 Å². The van der Waals surface area contributed by atoms with Crippen LogP contribution in [0.25, 0.3) is 0 Å². The normalized spacial score (nSPS) is 9.52. The minimum Gasteiger partial charge on any atom is -0.473 e. The van der Waals surface area contributed by atoms with Crippen LogP contribution in [0.2, 0.25) is 0 Å². The molecule has 0 atom stereocenters. The van der Waals surface area contributed by atoms with Crippen LogP contribution in [0.5, 0.6) is 5.75 Å². The van der Waals surface area contributed by atoms with Crippen molar-refractivity contribution in [3.8, 4) is 11.8 Å². The number of hydrogen-bond donors (Lipinski definition) is 2. The zero-order chi connectivity index (χ0) is 15.1. The largest absolute Gasteiger partial charge is 0.473 e. The first-order valence-electron chi connectivity index (χ1n) is 6.42. The molecule has 0 heterocycles. The minimum absolute atomic E-state index is 0.0453. The zero-order valence-electron chi connectivity index (χ0n) is 11.6. The molecule has 0 saturated heterocycles. The first kappa shape index (κ1) is 14.4. The standard InChI is InChI=1S/C16H15N3O2/c1-12-6-8-14(9-7-12)21-11-18-16(20)19-15-5-3-2-4-13(15)10-17/h2-9H,11H2,1H3,(H2,18,19,20). The SMILES string of the molecule is Cc1ccc(OCNC(=O)Nc2ccccc2C#N)cc1. The van der Waals surface area contributed by atoms with Crippen molar-refractivity contribution in [3.63, 3.8) is 0 Å². The number of nitrogens with zero attached hydrogens (tertiary/aromatic N) is 1. The van der Waals surface area contributed by atoms with Crippen LogP contribution in [0.15, 0.2) is 48.5 Å². The van der Waals surface area contributed by atoms with E-state index in [0.717, 1.165) is 5.56 Å². The summed E-state index contributed by atoms with van der Waals surface area (Å²) in [6, 6.07) is 15.9. The van der Waals surface area contributed by atoms with Crippen molar-refractivity contribution >= 4 is 11.7 Å². The Bertz CT molecular complexity index is 660. The predicted octanol–water partition coefficient (Wildman–Crippen LogP) is 3.02. The highest BCUT2D eigenvalue weighted by Crippen LogP contribution is 2.13. The minimum atomic E-state index is -0.426. The molecule has 0 bridgehead atoms. The lowest BCUT2D eigenvalue weighted by Crippen LogP contribution is -2.32. The van der Waals surface area contributed by atoms with Gasteiger partial charge in [0, 0.05) is 0 Å². The fourth-order valence-electron chi connectivity index (χ4n) is 1.68. The average molecular weight is 281 g/mol. The van der Waals surface area contributed by atoms with Crippen molar-refractivity contribution in [2.24, 2.45) is 0 Å². The van der Waals surface area contributed by atoms with Gasteiger partial charge in [-0.15, -0.1) is 0 Å². The van der Waals surface area contributed by atoms with Gasteiger partial charge in [-0.25, -0.2) is 4.79 Å². The molecular formula is C16H15N3O2. The van der Waals surface area contributed by atoms with Crippen LogP contribution in [0.1, 0.15) is 11.1 Å². The van der Waals surface area contributed by atoms with Crippen LogP contribution in [0, 0.1) is 18.3 Å². The van der Waals surface area contributed by atoms with E-state index >= 15 is 0 Å². The van der Waals surface area contributed by atoms with Gasteiger partial charge in [0.1, 0.15) is 11.8 Å². The third-order valence-electron chi connectivity index (χ3n) is 2.79. The molecule has 106 valence electrons. The van der Waals surface area contributed by atoms with Crippen LogP contribution in [0.3, 0.4) is 0 Å². The molecule has 0 unspecified atom stereocenters. The molecule has 0 radical (unpaired) electrons. The van der Waals surface area contributed by atoms with Crippen LogP contribution in [-0.2, 0) is 0 Å². The highest BCUT2D eigenvalue weighted by atomic mass is 16.5. The number of nitriles is 1. The number of urea groups is 1. The molecule has 2 amide bonds. The Morgan fingerprint density at radius 3 is 2.62 bits per heavy atom. The first-order chi connectivity index (χ1) is 10.2. The molecule has 2 aromatic carbocycles. The molecule has 21 heavy (non-hydrogen) atoms. The van der Waals surface area contributed by atoms with E-state index in [1.165, 1.54) is 0 Å². The second kappa shape index (κ2) is 6.96. The van der Waals surface area contributed by atoms with Crippen molar-refractivity contribution < 1.29 is 9.53 Å². The summed E-state index contributed by atoms with van der Waals surface area (Å²) in [6.45, 7) is 2.03. The lowest BCUT2D eigenvalue weighted by atomic mass is 10.2. The Morgan fingerprint density at radius 1 is 1.19 bits per heavy atom. The molecule has 0 aliphatic carbocycles. The van der Waals surface area contributed by atoms with Crippen molar-refractivity contribution in [1.29, 1.82) is 5.26 Å². The summed E-state index contributed by atoms with van der Waals surface area (Å²) in [4.78, 5) is 11.7. The van der Waals surface area contributed by atoms with E-state index in [2.05, 4.69) is 10.6 Å². The average Bonchev–Trinajstić information content (AvgIpc) is 2.50. The van der Waals surface area contributed by atoms with Crippen molar-refractivity contribution in [3.05, 3.63) is 59.7 Å². The Hall–Kier alpha value is -3.00. The zero-order valence-corrected chi connectivity index (χ0v) is 11.6. The maximum Gasteiger partial charge on any atom is 0.321 e. The molecule has 0 aliphatic heterocycles. The van der Waals surface area contributed by atoms with Gasteiger partial charge in [-0.3, -0.25) is 0 Å². The fraction of sp³-hybridized carbons (Fsp3) is 0.125. The molecule has 2 N–H and O–H groups in total. The van der Waals surface area contributed by atoms with Crippen LogP contribution in [0.4, 0.5) is 10.5 Å². The number of carbonyl (C=O) groups excluding carboxylic acids is 1. The molecule has 0 aliphatic rings. The van der Waals surface area contributed by atoms with Gasteiger partial charge in [0.2, 0.25) is 0 Å². The maximum absolute atomic E-state index is 11.7. The summed E-state index contributed by atoms with van der Waals surface area (Å²) < 4.78 is 5.39. The summed E-state index contributed by atoms with van der Waals surface area (Å²) >= 11 is 0. The van der Waals surface area contributed by atoms with Gasteiger partial charge in [0.05, 0.1) is 11.3 Å². The van der Waals surface area contributed by atoms with E-state index in [1.54, 1.807) is 24.3 Å². The number of ether oxygens (including phenoxy) is 1. The topological polar surface area (TPSA) is 74.2 Å². The summed E-state index contributed by atoms with van der Waals surface area (Å²) in [7, 11) is 0. The summed E-state index contributed by atoms with van der Waals surface area (Å²) in [5, 5.41) is 14.1. The Kier molecular flexibility index (Phi) is 4.78. The second-order valence-electron chi connectivity index (χ2n) is 4.39. The van der Waals surface area contributed by atoms with Gasteiger partial charge in [0.15, 0.2) is 6.73 Å². The Morgan fingerprint density at radius 2 is 1.90 bits per heavy atom. The molecule has 5 heteroatoms. The Labute approximate surface area is 123 Å². The molecule has 2 rings (SSSR count). The molecule has 5 nitrogen and oxygen atoms in total. The summed E-state index contributed by atoms with van der Waals surface area (Å²) in [5.41, 5.74) is 2.01. The number of carbonyl (C=O) groups is 1. The van der Waals surface area contributed by atoms with E-state index in [4.69, 9.17) is 10.00 Å². The highest BCUT2D eigenvalue weighted by Gasteiger charge is 2.05. The smallest absolute Gasteiger partial charge is 0.321 e. The quantitative estimate of drug-likeness (QED) is 0.846. The van der Waals surface area contributed by atoms with Gasteiger partial charge in [-0.05, 0) is 31.2 Å². The van der Waals surface area contributed by atoms with Gasteiger partial charge in [-0.1, -0.05) is 29.8 Å². The van der Waals surface area contributed by atoms with E-state index in [-0.39, 0.29) is 6.73 Å². The number of benzene rings is 2. The molecule has 0 spiro atoms. The van der Waals surface area contributed by atoms with Gasteiger partial charge in [0.25, 0.3) is 0 Å². The van der Waals surface area contributed by atoms with E-state index < -0.39 is 6.03 Å². The summed E-state index contributed by atoms with van der Waals surface area (Å²) in [5.74, 6) is 0.679. The maximum atomic E-state index is 11.7. The lowest BCUT2D eigenvalue weighted by Gasteiger charge is -2.10. The number of anilines is 1. The van der Waals surface area contributed by atoms with Crippen LogP contribution >= 0.6 is 0 Å². The number of amides is 2. The fourth-order valence-corrected chi connectivity index (χ4v) is 1.68. The third kappa shape index (κ3) is 4.25. The number of nitrogens with one attached hydrogen (secondary N) is 2. The number of hydrogen-bond acceptors (Lipinski definition) is 3. The number of rotatable bonds is 4. The van der Waals surface area contributed by atoms with Crippen LogP contribution < -0.4 is 15.4 Å². The van der Waals surface area contributed by atoms with Crippen LogP contribution in [-0.4, -0.2) is 12.8 Å². The van der Waals surface area contributed by atoms with E-state index in [9.17, 15) is 4.79 Å². The van der Waals surface area contributed by atoms with Gasteiger partial charge < -0.3 is 15.4 Å². The molecule has 0 fully saturated rings. The molecular weight excluding hydrogens is 266 g/mol. The van der Waals surface area contributed by atoms with Crippen molar-refractivity contribution in [2.45, 2.75) is 6.92 Å². The molecule has 0 saturated carbocycles. The van der Waals surface area contributed by atoms with Gasteiger partial charge in [-0.2, -0.15) is 5.26 Å². The Balaban J connectivity index is 1.82. The van der Waals surface area contributed by atoms with E-state index in [1.807, 2.05) is 37.3 Å².